The second-order valence-electron chi connectivity index (χ2n) is 14.7. The Morgan fingerprint density at radius 2 is 1.05 bits per heavy atom. The molecule has 2 unspecified atom stereocenters. The molecule has 0 amide bonds. The summed E-state index contributed by atoms with van der Waals surface area (Å²) in [6, 6.07) is 59.5. The average Bonchev–Trinajstić information content (AvgIpc) is 3.95. The van der Waals surface area contributed by atoms with Gasteiger partial charge in [-0.2, -0.15) is 9.97 Å². The highest BCUT2D eigenvalue weighted by atomic mass is 16.5. The van der Waals surface area contributed by atoms with Crippen molar-refractivity contribution in [2.45, 2.75) is 12.0 Å². The zero-order chi connectivity index (χ0) is 37.5. The number of hydrogen-bond acceptors (Lipinski definition) is 4. The Bertz CT molecular complexity index is 3270. The smallest absolute Gasteiger partial charge is 0.238 e. The second kappa shape index (κ2) is 12.5. The Morgan fingerprint density at radius 3 is 1.75 bits per heavy atom. The Hall–Kier alpha value is -7.57. The summed E-state index contributed by atoms with van der Waals surface area (Å²) in [6.45, 7) is 0. The fourth-order valence-corrected chi connectivity index (χ4v) is 9.06. The van der Waals surface area contributed by atoms with E-state index in [0.29, 0.717) is 17.6 Å². The van der Waals surface area contributed by atoms with Gasteiger partial charge in [-0.25, -0.2) is 4.98 Å². The maximum Gasteiger partial charge on any atom is 0.238 e. The van der Waals surface area contributed by atoms with Crippen LogP contribution in [-0.2, 0) is 0 Å². The molecule has 57 heavy (non-hydrogen) atoms. The summed E-state index contributed by atoms with van der Waals surface area (Å²) < 4.78 is 11.3. The first-order valence-corrected chi connectivity index (χ1v) is 19.4. The first-order valence-electron chi connectivity index (χ1n) is 19.4. The lowest BCUT2D eigenvalue weighted by Gasteiger charge is -2.22. The number of fused-ring (bicyclic) bond motifs is 10. The summed E-state index contributed by atoms with van der Waals surface area (Å²) in [6.07, 6.45) is 6.40. The molecule has 0 radical (unpaired) electrons. The largest absolute Gasteiger partial charge is 0.485 e. The first-order chi connectivity index (χ1) is 28.3. The van der Waals surface area contributed by atoms with Gasteiger partial charge < -0.3 is 9.30 Å². The number of ether oxygens (including phenoxy) is 1. The van der Waals surface area contributed by atoms with Crippen LogP contribution in [0.15, 0.2) is 188 Å². The fourth-order valence-electron chi connectivity index (χ4n) is 9.06. The molecule has 0 fully saturated rings. The van der Waals surface area contributed by atoms with Gasteiger partial charge in [-0.1, -0.05) is 152 Å². The Balaban J connectivity index is 1.12. The standard InChI is InChI=1S/C51H33N5O/c1-4-15-32(16-5-1)36-23-14-26-44-46(36)41-28-27-34(31-45(41)57-44)50-52-49(33-17-6-2-7-18-33)53-51(54-50)56-43-25-13-11-22-38(43)40-30-29-39-37-21-10-12-24-42(37)55(47(39)48(40)56)35-19-8-3-9-20-35/h1-31,44,46H. The van der Waals surface area contributed by atoms with Crippen LogP contribution >= 0.6 is 0 Å². The van der Waals surface area contributed by atoms with Crippen LogP contribution in [0.2, 0.25) is 0 Å². The molecule has 3 aromatic heterocycles. The zero-order valence-corrected chi connectivity index (χ0v) is 30.7. The minimum atomic E-state index is -0.0827. The topological polar surface area (TPSA) is 57.8 Å². The zero-order valence-electron chi connectivity index (χ0n) is 30.7. The summed E-state index contributed by atoms with van der Waals surface area (Å²) in [4.78, 5) is 15.8. The molecule has 6 heteroatoms. The molecule has 0 saturated carbocycles. The molecule has 0 spiro atoms. The van der Waals surface area contributed by atoms with Gasteiger partial charge >= 0.3 is 0 Å². The molecule has 12 rings (SSSR count). The lowest BCUT2D eigenvalue weighted by molar-refractivity contribution is 0.271. The SMILES string of the molecule is C1=CC2Oc3cc(-c4nc(-c5ccccc5)nc(-n5c6ccccc6c6ccc7c8ccccc8n(-c8ccccc8)c7c65)n4)ccc3C2C(c2ccccc2)=C1. The average molecular weight is 732 g/mol. The number of rotatable bonds is 5. The molecule has 7 aromatic carbocycles. The van der Waals surface area contributed by atoms with Gasteiger partial charge in [-0.15, -0.1) is 0 Å². The molecule has 1 aliphatic carbocycles. The summed E-state index contributed by atoms with van der Waals surface area (Å²) in [5.74, 6) is 2.69. The van der Waals surface area contributed by atoms with E-state index < -0.39 is 0 Å². The van der Waals surface area contributed by atoms with Crippen LogP contribution < -0.4 is 4.74 Å². The highest BCUT2D eigenvalue weighted by Crippen LogP contribution is 2.49. The highest BCUT2D eigenvalue weighted by Gasteiger charge is 2.37. The maximum atomic E-state index is 6.68. The quantitative estimate of drug-likeness (QED) is 0.177. The minimum Gasteiger partial charge on any atom is -0.485 e. The van der Waals surface area contributed by atoms with Crippen molar-refractivity contribution in [3.05, 3.63) is 199 Å². The van der Waals surface area contributed by atoms with Crippen LogP contribution in [0.1, 0.15) is 17.0 Å². The van der Waals surface area contributed by atoms with Crippen molar-refractivity contribution in [3.8, 4) is 40.2 Å². The van der Waals surface area contributed by atoms with E-state index in [9.17, 15) is 0 Å². The number of nitrogens with zero attached hydrogens (tertiary/aromatic N) is 5. The molecule has 0 bridgehead atoms. The normalized spacial score (nSPS) is 15.9. The maximum absolute atomic E-state index is 6.68. The van der Waals surface area contributed by atoms with Crippen molar-refractivity contribution in [3.63, 3.8) is 0 Å². The molecule has 10 aromatic rings. The van der Waals surface area contributed by atoms with Gasteiger partial charge in [0.25, 0.3) is 0 Å². The Labute approximate surface area is 328 Å². The monoisotopic (exact) mass is 731 g/mol. The molecule has 1 aliphatic heterocycles. The van der Waals surface area contributed by atoms with Crippen LogP contribution in [0.5, 0.6) is 5.75 Å². The summed E-state index contributed by atoms with van der Waals surface area (Å²) >= 11 is 0. The minimum absolute atomic E-state index is 0.0827. The number of aromatic nitrogens is 5. The van der Waals surface area contributed by atoms with E-state index in [1.165, 1.54) is 27.5 Å². The summed E-state index contributed by atoms with van der Waals surface area (Å²) in [5.41, 5.74) is 10.8. The van der Waals surface area contributed by atoms with Crippen molar-refractivity contribution < 1.29 is 4.74 Å². The Kier molecular flexibility index (Phi) is 6.95. The van der Waals surface area contributed by atoms with Crippen LogP contribution in [0.25, 0.3) is 83.6 Å². The van der Waals surface area contributed by atoms with Gasteiger partial charge in [0.15, 0.2) is 11.6 Å². The third-order valence-electron chi connectivity index (χ3n) is 11.6. The van der Waals surface area contributed by atoms with Gasteiger partial charge in [0, 0.05) is 43.9 Å². The van der Waals surface area contributed by atoms with Crippen LogP contribution in [0, 0.1) is 0 Å². The van der Waals surface area contributed by atoms with Gasteiger partial charge in [0.2, 0.25) is 5.95 Å². The number of hydrogen-bond donors (Lipinski definition) is 0. The van der Waals surface area contributed by atoms with E-state index >= 15 is 0 Å². The molecule has 268 valence electrons. The fraction of sp³-hybridized carbons (Fsp3) is 0.0392. The van der Waals surface area contributed by atoms with E-state index in [0.717, 1.165) is 55.4 Å². The van der Waals surface area contributed by atoms with Crippen molar-refractivity contribution in [1.29, 1.82) is 0 Å². The van der Waals surface area contributed by atoms with Crippen molar-refractivity contribution >= 4 is 49.2 Å². The molecule has 6 nitrogen and oxygen atoms in total. The third-order valence-corrected chi connectivity index (χ3v) is 11.6. The van der Waals surface area contributed by atoms with E-state index in [2.05, 4.69) is 179 Å². The second-order valence-corrected chi connectivity index (χ2v) is 14.7. The van der Waals surface area contributed by atoms with E-state index in [4.69, 9.17) is 19.7 Å². The summed E-state index contributed by atoms with van der Waals surface area (Å²) in [7, 11) is 0. The molecular formula is C51H33N5O. The van der Waals surface area contributed by atoms with E-state index in [-0.39, 0.29) is 12.0 Å². The lowest BCUT2D eigenvalue weighted by atomic mass is 9.81. The number of para-hydroxylation sites is 3. The molecule has 2 atom stereocenters. The number of benzene rings is 7. The van der Waals surface area contributed by atoms with Crippen molar-refractivity contribution in [1.82, 2.24) is 24.1 Å². The van der Waals surface area contributed by atoms with E-state index in [1.807, 2.05) is 18.2 Å². The van der Waals surface area contributed by atoms with Gasteiger partial charge in [0.1, 0.15) is 11.9 Å². The van der Waals surface area contributed by atoms with Gasteiger partial charge in [-0.3, -0.25) is 4.57 Å². The molecule has 0 N–H and O–H groups in total. The first kappa shape index (κ1) is 31.7. The van der Waals surface area contributed by atoms with Crippen molar-refractivity contribution in [2.24, 2.45) is 0 Å². The third kappa shape index (κ3) is 4.87. The molecular weight excluding hydrogens is 699 g/mol. The molecule has 2 aliphatic rings. The summed E-state index contributed by atoms with van der Waals surface area (Å²) in [5, 5.41) is 4.62. The van der Waals surface area contributed by atoms with E-state index in [1.54, 1.807) is 0 Å². The Morgan fingerprint density at radius 1 is 0.474 bits per heavy atom. The predicted molar refractivity (Wildman–Crippen MR) is 230 cm³/mol. The molecule has 4 heterocycles. The van der Waals surface area contributed by atoms with Crippen LogP contribution in [0.4, 0.5) is 0 Å². The lowest BCUT2D eigenvalue weighted by Crippen LogP contribution is -2.19. The van der Waals surface area contributed by atoms with Crippen molar-refractivity contribution in [2.75, 3.05) is 0 Å². The van der Waals surface area contributed by atoms with Gasteiger partial charge in [0.05, 0.1) is 28.0 Å². The van der Waals surface area contributed by atoms with Crippen LogP contribution in [-0.4, -0.2) is 30.2 Å². The predicted octanol–water partition coefficient (Wildman–Crippen LogP) is 11.9. The van der Waals surface area contributed by atoms with Crippen LogP contribution in [0.3, 0.4) is 0 Å². The molecule has 0 saturated heterocycles. The highest BCUT2D eigenvalue weighted by molar-refractivity contribution is 6.23. The van der Waals surface area contributed by atoms with Gasteiger partial charge in [-0.05, 0) is 47.5 Å². The number of allylic oxidation sites excluding steroid dienone is 2.